The van der Waals surface area contributed by atoms with Crippen LogP contribution in [-0.2, 0) is 29.0 Å². The lowest BCUT2D eigenvalue weighted by Crippen LogP contribution is -2.06. The molecule has 2 aromatic carbocycles. The van der Waals surface area contributed by atoms with Gasteiger partial charge < -0.3 is 18.7 Å². The van der Waals surface area contributed by atoms with Gasteiger partial charge in [0, 0.05) is 12.0 Å². The Morgan fingerprint density at radius 2 is 1.72 bits per heavy atom. The highest BCUT2D eigenvalue weighted by Crippen LogP contribution is 2.28. The molecule has 0 saturated carbocycles. The van der Waals surface area contributed by atoms with Crippen LogP contribution in [0.15, 0.2) is 47.0 Å². The van der Waals surface area contributed by atoms with Gasteiger partial charge in [-0.2, -0.15) is 4.98 Å². The van der Waals surface area contributed by atoms with Crippen LogP contribution in [0.5, 0.6) is 11.5 Å². The monoisotopic (exact) mass is 396 g/mol. The number of benzene rings is 2. The van der Waals surface area contributed by atoms with E-state index >= 15 is 0 Å². The van der Waals surface area contributed by atoms with Crippen molar-refractivity contribution in [3.05, 3.63) is 59.5 Å². The standard InChI is InChI=1S/C22H24N2O5/c1-4-15-5-9-17(10-6-15)22-23-20(29-24-22)14-28-21(25)12-8-16-7-11-18(26-2)19(13-16)27-3/h5-7,9-11,13H,4,8,12,14H2,1-3H3. The highest BCUT2D eigenvalue weighted by Gasteiger charge is 2.12. The molecule has 1 aromatic heterocycles. The van der Waals surface area contributed by atoms with Gasteiger partial charge in [0.15, 0.2) is 18.1 Å². The quantitative estimate of drug-likeness (QED) is 0.506. The van der Waals surface area contributed by atoms with Crippen LogP contribution in [0, 0.1) is 0 Å². The van der Waals surface area contributed by atoms with E-state index in [1.165, 1.54) is 5.56 Å². The molecule has 0 spiro atoms. The topological polar surface area (TPSA) is 83.7 Å². The SMILES string of the molecule is CCc1ccc(-c2noc(COC(=O)CCc3ccc(OC)c(OC)c3)n2)cc1. The van der Waals surface area contributed by atoms with Crippen molar-refractivity contribution in [2.75, 3.05) is 14.2 Å². The molecule has 0 bridgehead atoms. The van der Waals surface area contributed by atoms with Crippen molar-refractivity contribution in [2.45, 2.75) is 32.8 Å². The minimum atomic E-state index is -0.341. The molecule has 152 valence electrons. The minimum Gasteiger partial charge on any atom is -0.493 e. The van der Waals surface area contributed by atoms with Gasteiger partial charge in [-0.3, -0.25) is 4.79 Å². The zero-order valence-electron chi connectivity index (χ0n) is 16.8. The Balaban J connectivity index is 1.50. The van der Waals surface area contributed by atoms with Crippen LogP contribution in [0.25, 0.3) is 11.4 Å². The molecule has 0 aliphatic rings. The van der Waals surface area contributed by atoms with E-state index in [2.05, 4.69) is 17.1 Å². The minimum absolute atomic E-state index is 0.0508. The number of aromatic nitrogens is 2. The molecule has 0 aliphatic carbocycles. The molecule has 7 nitrogen and oxygen atoms in total. The van der Waals surface area contributed by atoms with Gasteiger partial charge in [0.1, 0.15) is 0 Å². The Bertz CT molecular complexity index is 950. The molecular formula is C22H24N2O5. The lowest BCUT2D eigenvalue weighted by Gasteiger charge is -2.09. The second-order valence-corrected chi connectivity index (χ2v) is 6.41. The van der Waals surface area contributed by atoms with Crippen LogP contribution < -0.4 is 9.47 Å². The molecule has 0 radical (unpaired) electrons. The van der Waals surface area contributed by atoms with E-state index in [-0.39, 0.29) is 24.9 Å². The number of carbonyl (C=O) groups excluding carboxylic acids is 1. The van der Waals surface area contributed by atoms with E-state index in [9.17, 15) is 4.79 Å². The van der Waals surface area contributed by atoms with Gasteiger partial charge in [0.2, 0.25) is 5.82 Å². The number of methoxy groups -OCH3 is 2. The summed E-state index contributed by atoms with van der Waals surface area (Å²) in [6, 6.07) is 13.5. The number of nitrogens with zero attached hydrogens (tertiary/aromatic N) is 2. The van der Waals surface area contributed by atoms with Crippen LogP contribution in [0.2, 0.25) is 0 Å². The zero-order chi connectivity index (χ0) is 20.6. The van der Waals surface area contributed by atoms with Crippen LogP contribution in [0.1, 0.15) is 30.4 Å². The molecule has 7 heteroatoms. The summed E-state index contributed by atoms with van der Waals surface area (Å²) in [5.41, 5.74) is 3.05. The first-order chi connectivity index (χ1) is 14.1. The molecule has 0 N–H and O–H groups in total. The number of hydrogen-bond acceptors (Lipinski definition) is 7. The van der Waals surface area contributed by atoms with Gasteiger partial charge in [0.05, 0.1) is 14.2 Å². The molecular weight excluding hydrogens is 372 g/mol. The molecule has 0 fully saturated rings. The Kier molecular flexibility index (Phi) is 6.84. The summed E-state index contributed by atoms with van der Waals surface area (Å²) in [5.74, 6) is 1.67. The summed E-state index contributed by atoms with van der Waals surface area (Å²) in [7, 11) is 3.16. The second kappa shape index (κ2) is 9.73. The van der Waals surface area contributed by atoms with Gasteiger partial charge >= 0.3 is 5.97 Å². The van der Waals surface area contributed by atoms with Crippen molar-refractivity contribution in [2.24, 2.45) is 0 Å². The van der Waals surface area contributed by atoms with E-state index in [0.717, 1.165) is 17.5 Å². The maximum atomic E-state index is 12.0. The number of rotatable bonds is 9. The number of ether oxygens (including phenoxy) is 3. The number of hydrogen-bond donors (Lipinski definition) is 0. The fourth-order valence-corrected chi connectivity index (χ4v) is 2.82. The van der Waals surface area contributed by atoms with Crippen LogP contribution in [-0.4, -0.2) is 30.3 Å². The summed E-state index contributed by atoms with van der Waals surface area (Å²) in [6.07, 6.45) is 1.73. The predicted molar refractivity (Wildman–Crippen MR) is 107 cm³/mol. The Morgan fingerprint density at radius 1 is 1.00 bits per heavy atom. The van der Waals surface area contributed by atoms with Crippen molar-refractivity contribution in [1.82, 2.24) is 10.1 Å². The molecule has 0 saturated heterocycles. The molecule has 0 amide bonds. The summed E-state index contributed by atoms with van der Waals surface area (Å²) in [6.45, 7) is 2.05. The van der Waals surface area contributed by atoms with Crippen molar-refractivity contribution in [1.29, 1.82) is 0 Å². The van der Waals surface area contributed by atoms with Gasteiger partial charge in [0.25, 0.3) is 5.89 Å². The largest absolute Gasteiger partial charge is 0.493 e. The van der Waals surface area contributed by atoms with Crippen molar-refractivity contribution in [3.8, 4) is 22.9 Å². The Morgan fingerprint density at radius 3 is 2.41 bits per heavy atom. The maximum absolute atomic E-state index is 12.0. The number of esters is 1. The van der Waals surface area contributed by atoms with Crippen LogP contribution in [0.3, 0.4) is 0 Å². The Labute approximate surface area is 169 Å². The first-order valence-corrected chi connectivity index (χ1v) is 9.41. The summed E-state index contributed by atoms with van der Waals surface area (Å²) >= 11 is 0. The maximum Gasteiger partial charge on any atom is 0.306 e. The van der Waals surface area contributed by atoms with E-state index in [1.807, 2.05) is 42.5 Å². The second-order valence-electron chi connectivity index (χ2n) is 6.41. The summed E-state index contributed by atoms with van der Waals surface area (Å²) < 4.78 is 20.9. The van der Waals surface area contributed by atoms with Gasteiger partial charge in [-0.25, -0.2) is 0 Å². The molecule has 29 heavy (non-hydrogen) atoms. The van der Waals surface area contributed by atoms with Gasteiger partial charge in [-0.05, 0) is 36.1 Å². The van der Waals surface area contributed by atoms with Crippen molar-refractivity contribution in [3.63, 3.8) is 0 Å². The highest BCUT2D eigenvalue weighted by molar-refractivity contribution is 5.69. The predicted octanol–water partition coefficient (Wildman–Crippen LogP) is 3.99. The first kappa shape index (κ1) is 20.4. The number of carbonyl (C=O) groups is 1. The van der Waals surface area contributed by atoms with E-state index in [0.29, 0.717) is 23.7 Å². The van der Waals surface area contributed by atoms with E-state index in [1.54, 1.807) is 14.2 Å². The van der Waals surface area contributed by atoms with Gasteiger partial charge in [-0.1, -0.05) is 42.4 Å². The number of aryl methyl sites for hydroxylation is 2. The molecule has 0 atom stereocenters. The Hall–Kier alpha value is -3.35. The van der Waals surface area contributed by atoms with Crippen molar-refractivity contribution >= 4 is 5.97 Å². The lowest BCUT2D eigenvalue weighted by molar-refractivity contribution is -0.145. The third-order valence-corrected chi connectivity index (χ3v) is 4.51. The molecule has 3 aromatic rings. The van der Waals surface area contributed by atoms with Crippen LogP contribution >= 0.6 is 0 Å². The first-order valence-electron chi connectivity index (χ1n) is 9.41. The fourth-order valence-electron chi connectivity index (χ4n) is 2.82. The van der Waals surface area contributed by atoms with Crippen molar-refractivity contribution < 1.29 is 23.5 Å². The average Bonchev–Trinajstić information content (AvgIpc) is 3.25. The van der Waals surface area contributed by atoms with E-state index < -0.39 is 0 Å². The summed E-state index contributed by atoms with van der Waals surface area (Å²) in [4.78, 5) is 16.3. The lowest BCUT2D eigenvalue weighted by atomic mass is 10.1. The smallest absolute Gasteiger partial charge is 0.306 e. The third kappa shape index (κ3) is 5.34. The van der Waals surface area contributed by atoms with E-state index in [4.69, 9.17) is 18.7 Å². The third-order valence-electron chi connectivity index (χ3n) is 4.51. The fraction of sp³-hybridized carbons (Fsp3) is 0.318. The summed E-state index contributed by atoms with van der Waals surface area (Å²) in [5, 5.41) is 3.95. The average molecular weight is 396 g/mol. The molecule has 0 aliphatic heterocycles. The molecule has 0 unspecified atom stereocenters. The molecule has 3 rings (SSSR count). The van der Waals surface area contributed by atoms with Crippen LogP contribution in [0.4, 0.5) is 0 Å². The highest BCUT2D eigenvalue weighted by atomic mass is 16.6. The van der Waals surface area contributed by atoms with Gasteiger partial charge in [-0.15, -0.1) is 0 Å². The zero-order valence-corrected chi connectivity index (χ0v) is 16.8. The normalized spacial score (nSPS) is 10.6. The molecule has 1 heterocycles.